The molecule has 1 aromatic carbocycles. The molecular formula is C15H12Cl2N2O2. The van der Waals surface area contributed by atoms with E-state index in [0.29, 0.717) is 29.0 Å². The number of oxazole rings is 1. The summed E-state index contributed by atoms with van der Waals surface area (Å²) in [6.45, 7) is 1.21. The summed E-state index contributed by atoms with van der Waals surface area (Å²) in [6.07, 6.45) is 3.25. The molecule has 0 saturated carbocycles. The number of hydrogen-bond donors (Lipinski definition) is 1. The molecule has 0 fully saturated rings. The molecular weight excluding hydrogens is 311 g/mol. The predicted octanol–water partition coefficient (Wildman–Crippen LogP) is 4.53. The van der Waals surface area contributed by atoms with Gasteiger partial charge in [-0.2, -0.15) is 0 Å². The molecule has 108 valence electrons. The highest BCUT2D eigenvalue weighted by atomic mass is 35.5. The molecule has 6 heteroatoms. The normalized spacial score (nSPS) is 11.0. The van der Waals surface area contributed by atoms with Crippen LogP contribution < -0.4 is 5.32 Å². The summed E-state index contributed by atoms with van der Waals surface area (Å²) >= 11 is 12.0. The van der Waals surface area contributed by atoms with Crippen molar-refractivity contribution in [2.24, 2.45) is 0 Å². The first-order valence-corrected chi connectivity index (χ1v) is 7.11. The van der Waals surface area contributed by atoms with Crippen molar-refractivity contribution in [1.82, 2.24) is 10.3 Å². The van der Waals surface area contributed by atoms with Crippen LogP contribution in [0.1, 0.15) is 11.5 Å². The Hall–Kier alpha value is -1.75. The van der Waals surface area contributed by atoms with Crippen LogP contribution in [0.4, 0.5) is 0 Å². The Kier molecular flexibility index (Phi) is 4.29. The number of benzene rings is 1. The largest absolute Gasteiger partial charge is 0.468 e. The Morgan fingerprint density at radius 1 is 1.10 bits per heavy atom. The first-order chi connectivity index (χ1) is 10.2. The third-order valence-corrected chi connectivity index (χ3v) is 3.45. The summed E-state index contributed by atoms with van der Waals surface area (Å²) in [5.74, 6) is 1.35. The maximum Gasteiger partial charge on any atom is 0.227 e. The summed E-state index contributed by atoms with van der Waals surface area (Å²) in [4.78, 5) is 4.40. The van der Waals surface area contributed by atoms with Gasteiger partial charge in [0, 0.05) is 11.6 Å². The number of aromatic nitrogens is 1. The van der Waals surface area contributed by atoms with Gasteiger partial charge in [-0.3, -0.25) is 0 Å². The number of nitrogens with one attached hydrogen (secondary N) is 1. The van der Waals surface area contributed by atoms with Gasteiger partial charge in [-0.05, 0) is 30.3 Å². The first kappa shape index (κ1) is 14.2. The number of hydrogen-bond acceptors (Lipinski definition) is 4. The molecule has 2 heterocycles. The van der Waals surface area contributed by atoms with E-state index in [1.807, 2.05) is 12.1 Å². The molecule has 0 spiro atoms. The van der Waals surface area contributed by atoms with Crippen LogP contribution in [0.2, 0.25) is 10.0 Å². The lowest BCUT2D eigenvalue weighted by Crippen LogP contribution is -2.12. The molecule has 3 rings (SSSR count). The van der Waals surface area contributed by atoms with Gasteiger partial charge < -0.3 is 14.2 Å². The molecule has 4 nitrogen and oxygen atoms in total. The fourth-order valence-corrected chi connectivity index (χ4v) is 2.39. The first-order valence-electron chi connectivity index (χ1n) is 6.35. The molecule has 21 heavy (non-hydrogen) atoms. The molecule has 1 N–H and O–H groups in total. The molecule has 0 aliphatic carbocycles. The van der Waals surface area contributed by atoms with Gasteiger partial charge in [0.2, 0.25) is 5.89 Å². The minimum atomic E-state index is 0.478. The molecule has 0 amide bonds. The summed E-state index contributed by atoms with van der Waals surface area (Å²) in [5.41, 5.74) is 1.51. The second-order valence-electron chi connectivity index (χ2n) is 4.45. The van der Waals surface area contributed by atoms with Crippen molar-refractivity contribution in [3.8, 4) is 11.5 Å². The lowest BCUT2D eigenvalue weighted by Gasteiger charge is -2.00. The zero-order valence-corrected chi connectivity index (χ0v) is 12.5. The van der Waals surface area contributed by atoms with E-state index >= 15 is 0 Å². The summed E-state index contributed by atoms with van der Waals surface area (Å²) in [6, 6.07) is 8.97. The average molecular weight is 323 g/mol. The van der Waals surface area contributed by atoms with Crippen LogP contribution in [0.3, 0.4) is 0 Å². The fourth-order valence-electron chi connectivity index (χ4n) is 1.90. The van der Waals surface area contributed by atoms with Gasteiger partial charge in [-0.25, -0.2) is 4.98 Å². The molecule has 2 aromatic heterocycles. The van der Waals surface area contributed by atoms with E-state index in [1.54, 1.807) is 30.7 Å². The van der Waals surface area contributed by atoms with E-state index in [2.05, 4.69) is 10.3 Å². The quantitative estimate of drug-likeness (QED) is 0.749. The van der Waals surface area contributed by atoms with Crippen LogP contribution in [0, 0.1) is 0 Å². The fraction of sp³-hybridized carbons (Fsp3) is 0.133. The highest BCUT2D eigenvalue weighted by Crippen LogP contribution is 2.29. The summed E-state index contributed by atoms with van der Waals surface area (Å²) < 4.78 is 10.7. The summed E-state index contributed by atoms with van der Waals surface area (Å²) in [5, 5.41) is 4.31. The highest BCUT2D eigenvalue weighted by molar-refractivity contribution is 6.36. The maximum atomic E-state index is 6.13. The Balaban J connectivity index is 1.65. The van der Waals surface area contributed by atoms with Crippen LogP contribution in [-0.4, -0.2) is 4.98 Å². The van der Waals surface area contributed by atoms with Crippen LogP contribution in [0.25, 0.3) is 11.5 Å². The van der Waals surface area contributed by atoms with Gasteiger partial charge in [-0.1, -0.05) is 23.2 Å². The lowest BCUT2D eigenvalue weighted by molar-refractivity contribution is 0.481. The van der Waals surface area contributed by atoms with Crippen molar-refractivity contribution in [3.63, 3.8) is 0 Å². The topological polar surface area (TPSA) is 51.2 Å². The molecule has 0 bridgehead atoms. The van der Waals surface area contributed by atoms with Gasteiger partial charge in [0.05, 0.1) is 29.1 Å². The van der Waals surface area contributed by atoms with E-state index < -0.39 is 0 Å². The minimum absolute atomic E-state index is 0.478. The molecule has 0 aliphatic rings. The lowest BCUT2D eigenvalue weighted by atomic mass is 10.2. The number of furan rings is 1. The van der Waals surface area contributed by atoms with Crippen molar-refractivity contribution < 1.29 is 8.83 Å². The summed E-state index contributed by atoms with van der Waals surface area (Å²) in [7, 11) is 0. The van der Waals surface area contributed by atoms with Crippen molar-refractivity contribution in [3.05, 3.63) is 64.4 Å². The predicted molar refractivity (Wildman–Crippen MR) is 81.2 cm³/mol. The molecule has 0 saturated heterocycles. The smallest absolute Gasteiger partial charge is 0.227 e. The second kappa shape index (κ2) is 6.35. The van der Waals surface area contributed by atoms with Gasteiger partial charge in [0.25, 0.3) is 0 Å². The molecule has 0 atom stereocenters. The standard InChI is InChI=1S/C15H12Cl2N2O2/c16-10-3-4-13(14(17)6-10)15-19-11(9-21-15)7-18-8-12-2-1-5-20-12/h1-6,9,18H,7-8H2. The van der Waals surface area contributed by atoms with Crippen LogP contribution >= 0.6 is 23.2 Å². The highest BCUT2D eigenvalue weighted by Gasteiger charge is 2.10. The SMILES string of the molecule is Clc1ccc(-c2nc(CNCc3ccco3)co2)c(Cl)c1. The zero-order chi connectivity index (χ0) is 14.7. The van der Waals surface area contributed by atoms with E-state index in [0.717, 1.165) is 17.0 Å². The third kappa shape index (κ3) is 3.47. The van der Waals surface area contributed by atoms with Crippen molar-refractivity contribution in [1.29, 1.82) is 0 Å². The monoisotopic (exact) mass is 322 g/mol. The molecule has 3 aromatic rings. The van der Waals surface area contributed by atoms with Crippen molar-refractivity contribution in [2.75, 3.05) is 0 Å². The Labute approximate surface area is 131 Å². The van der Waals surface area contributed by atoms with Crippen molar-refractivity contribution in [2.45, 2.75) is 13.1 Å². The Morgan fingerprint density at radius 3 is 2.76 bits per heavy atom. The minimum Gasteiger partial charge on any atom is -0.468 e. The Morgan fingerprint density at radius 2 is 2.00 bits per heavy atom. The average Bonchev–Trinajstić information content (AvgIpc) is 3.10. The van der Waals surface area contributed by atoms with Crippen LogP contribution in [-0.2, 0) is 13.1 Å². The number of nitrogens with zero attached hydrogens (tertiary/aromatic N) is 1. The Bertz CT molecular complexity index is 723. The van der Waals surface area contributed by atoms with Gasteiger partial charge >= 0.3 is 0 Å². The van der Waals surface area contributed by atoms with Gasteiger partial charge in [0.15, 0.2) is 0 Å². The van der Waals surface area contributed by atoms with E-state index in [4.69, 9.17) is 32.0 Å². The van der Waals surface area contributed by atoms with Gasteiger partial charge in [-0.15, -0.1) is 0 Å². The molecule has 0 aliphatic heterocycles. The zero-order valence-electron chi connectivity index (χ0n) is 11.0. The van der Waals surface area contributed by atoms with E-state index in [9.17, 15) is 0 Å². The number of halogens is 2. The third-order valence-electron chi connectivity index (χ3n) is 2.90. The van der Waals surface area contributed by atoms with E-state index in [1.165, 1.54) is 0 Å². The molecule has 0 unspecified atom stereocenters. The molecule has 0 radical (unpaired) electrons. The number of rotatable bonds is 5. The maximum absolute atomic E-state index is 6.13. The second-order valence-corrected chi connectivity index (χ2v) is 5.29. The van der Waals surface area contributed by atoms with Gasteiger partial charge in [0.1, 0.15) is 12.0 Å². The van der Waals surface area contributed by atoms with Crippen molar-refractivity contribution >= 4 is 23.2 Å². The van der Waals surface area contributed by atoms with E-state index in [-0.39, 0.29) is 0 Å². The van der Waals surface area contributed by atoms with Crippen LogP contribution in [0.15, 0.2) is 51.7 Å². The van der Waals surface area contributed by atoms with Crippen LogP contribution in [0.5, 0.6) is 0 Å².